The third kappa shape index (κ3) is 5.54. The van der Waals surface area contributed by atoms with Gasteiger partial charge in [-0.05, 0) is 31.2 Å². The lowest BCUT2D eigenvalue weighted by atomic mass is 9.91. The topological polar surface area (TPSA) is 116 Å². The van der Waals surface area contributed by atoms with E-state index in [0.717, 1.165) is 8.61 Å². The predicted octanol–water partition coefficient (Wildman–Crippen LogP) is 2.29. The van der Waals surface area contributed by atoms with Crippen LogP contribution in [-0.4, -0.2) is 62.7 Å². The average molecular weight is 507 g/mol. The first-order valence-corrected chi connectivity index (χ1v) is 13.7. The highest BCUT2D eigenvalue weighted by Gasteiger charge is 2.43. The number of nitrogens with one attached hydrogen (secondary N) is 1. The van der Waals surface area contributed by atoms with Gasteiger partial charge in [0, 0.05) is 30.8 Å². The van der Waals surface area contributed by atoms with Gasteiger partial charge < -0.3 is 0 Å². The van der Waals surface area contributed by atoms with E-state index in [9.17, 15) is 21.6 Å². The molecule has 0 radical (unpaired) electrons. The summed E-state index contributed by atoms with van der Waals surface area (Å²) in [6.45, 7) is 6.95. The van der Waals surface area contributed by atoms with E-state index >= 15 is 0 Å². The maximum absolute atomic E-state index is 13.4. The first kappa shape index (κ1) is 26.0. The zero-order chi connectivity index (χ0) is 25.1. The predicted molar refractivity (Wildman–Crippen MR) is 130 cm³/mol. The largest absolute Gasteiger partial charge is 0.271 e. The highest BCUT2D eigenvalue weighted by atomic mass is 32.2. The van der Waals surface area contributed by atoms with Crippen LogP contribution in [-0.2, 0) is 24.8 Å². The van der Waals surface area contributed by atoms with Gasteiger partial charge in [0.1, 0.15) is 6.04 Å². The van der Waals surface area contributed by atoms with E-state index in [1.54, 1.807) is 43.3 Å². The summed E-state index contributed by atoms with van der Waals surface area (Å²) in [6.07, 6.45) is 0. The Kier molecular flexibility index (Phi) is 7.61. The summed E-state index contributed by atoms with van der Waals surface area (Å²) in [7, 11) is -7.97. The van der Waals surface area contributed by atoms with Gasteiger partial charge in [0.05, 0.1) is 9.79 Å². The van der Waals surface area contributed by atoms with Crippen molar-refractivity contribution >= 4 is 31.7 Å². The lowest BCUT2D eigenvalue weighted by Crippen LogP contribution is -2.60. The summed E-state index contributed by atoms with van der Waals surface area (Å²) < 4.78 is 55.3. The third-order valence-corrected chi connectivity index (χ3v) is 9.55. The standard InChI is InChI=1S/C23H30N4O5S2/c1-18(23(2,3)4)24-25-22(28)21-17-26(33(29,30)19-11-7-5-8-12-19)15-16-27(21)34(31,32)20-13-9-6-10-14-20/h5-14,21H,15-17H2,1-4H3,(H,25,28). The van der Waals surface area contributed by atoms with Gasteiger partial charge in [0.2, 0.25) is 20.0 Å². The third-order valence-electron chi connectivity index (χ3n) is 5.75. The Balaban J connectivity index is 1.97. The van der Waals surface area contributed by atoms with E-state index in [1.807, 2.05) is 20.8 Å². The summed E-state index contributed by atoms with van der Waals surface area (Å²) in [6, 6.07) is 14.3. The van der Waals surface area contributed by atoms with Crippen LogP contribution in [0.25, 0.3) is 0 Å². The van der Waals surface area contributed by atoms with E-state index in [0.29, 0.717) is 5.71 Å². The van der Waals surface area contributed by atoms with Gasteiger partial charge in [0.15, 0.2) is 0 Å². The Morgan fingerprint density at radius 1 is 0.882 bits per heavy atom. The maximum Gasteiger partial charge on any atom is 0.259 e. The summed E-state index contributed by atoms with van der Waals surface area (Å²) in [5.41, 5.74) is 2.78. The molecular formula is C23H30N4O5S2. The number of hydrazone groups is 1. The summed E-state index contributed by atoms with van der Waals surface area (Å²) in [5, 5.41) is 4.13. The molecule has 1 fully saturated rings. The molecule has 3 rings (SSSR count). The van der Waals surface area contributed by atoms with Gasteiger partial charge in [0.25, 0.3) is 5.91 Å². The molecule has 1 amide bonds. The Morgan fingerprint density at radius 2 is 1.38 bits per heavy atom. The molecule has 2 aromatic carbocycles. The molecule has 34 heavy (non-hydrogen) atoms. The van der Waals surface area contributed by atoms with E-state index < -0.39 is 32.0 Å². The molecule has 184 valence electrons. The molecule has 11 heteroatoms. The molecule has 1 aliphatic rings. The quantitative estimate of drug-likeness (QED) is 0.477. The highest BCUT2D eigenvalue weighted by Crippen LogP contribution is 2.25. The smallest absolute Gasteiger partial charge is 0.259 e. The van der Waals surface area contributed by atoms with Crippen LogP contribution in [0.3, 0.4) is 0 Å². The number of carbonyl (C=O) groups is 1. The molecule has 1 aliphatic heterocycles. The molecular weight excluding hydrogens is 476 g/mol. The first-order chi connectivity index (χ1) is 15.8. The number of benzene rings is 2. The summed E-state index contributed by atoms with van der Waals surface area (Å²) in [5.74, 6) is -0.698. The Labute approximate surface area is 201 Å². The van der Waals surface area contributed by atoms with Crippen molar-refractivity contribution in [1.29, 1.82) is 0 Å². The number of amides is 1. The van der Waals surface area contributed by atoms with Crippen molar-refractivity contribution in [2.24, 2.45) is 10.5 Å². The zero-order valence-corrected chi connectivity index (χ0v) is 21.3. The number of piperazine rings is 1. The molecule has 0 aliphatic carbocycles. The number of carbonyl (C=O) groups excluding carboxylic acids is 1. The number of hydrogen-bond donors (Lipinski definition) is 1. The van der Waals surface area contributed by atoms with Gasteiger partial charge >= 0.3 is 0 Å². The first-order valence-electron chi connectivity index (χ1n) is 10.8. The van der Waals surface area contributed by atoms with E-state index in [-0.39, 0.29) is 34.8 Å². The summed E-state index contributed by atoms with van der Waals surface area (Å²) in [4.78, 5) is 13.3. The Hall–Kier alpha value is -2.60. The van der Waals surface area contributed by atoms with Crippen molar-refractivity contribution in [1.82, 2.24) is 14.0 Å². The molecule has 0 spiro atoms. The van der Waals surface area contributed by atoms with Crippen LogP contribution >= 0.6 is 0 Å². The molecule has 2 aromatic rings. The summed E-state index contributed by atoms with van der Waals surface area (Å²) >= 11 is 0. The molecule has 1 N–H and O–H groups in total. The minimum Gasteiger partial charge on any atom is -0.271 e. The second-order valence-electron chi connectivity index (χ2n) is 9.04. The lowest BCUT2D eigenvalue weighted by molar-refractivity contribution is -0.125. The average Bonchev–Trinajstić information content (AvgIpc) is 2.82. The fraction of sp³-hybridized carbons (Fsp3) is 0.391. The lowest BCUT2D eigenvalue weighted by Gasteiger charge is -2.38. The van der Waals surface area contributed by atoms with Gasteiger partial charge in [-0.25, -0.2) is 22.3 Å². The van der Waals surface area contributed by atoms with Crippen LogP contribution in [0.1, 0.15) is 27.7 Å². The van der Waals surface area contributed by atoms with Crippen LogP contribution in [0.4, 0.5) is 0 Å². The van der Waals surface area contributed by atoms with Crippen LogP contribution in [0.15, 0.2) is 75.6 Å². The van der Waals surface area contributed by atoms with Crippen LogP contribution in [0.2, 0.25) is 0 Å². The second-order valence-corrected chi connectivity index (χ2v) is 12.9. The highest BCUT2D eigenvalue weighted by molar-refractivity contribution is 7.89. The van der Waals surface area contributed by atoms with E-state index in [4.69, 9.17) is 0 Å². The zero-order valence-electron chi connectivity index (χ0n) is 19.7. The fourth-order valence-electron chi connectivity index (χ4n) is 3.31. The van der Waals surface area contributed by atoms with Crippen LogP contribution in [0, 0.1) is 5.41 Å². The molecule has 1 unspecified atom stereocenters. The van der Waals surface area contributed by atoms with Gasteiger partial charge in [-0.3, -0.25) is 4.79 Å². The molecule has 9 nitrogen and oxygen atoms in total. The van der Waals surface area contributed by atoms with E-state index in [2.05, 4.69) is 10.5 Å². The number of nitrogens with zero attached hydrogens (tertiary/aromatic N) is 3. The minimum absolute atomic E-state index is 0.0292. The van der Waals surface area contributed by atoms with Crippen LogP contribution < -0.4 is 5.43 Å². The van der Waals surface area contributed by atoms with Crippen LogP contribution in [0.5, 0.6) is 0 Å². The molecule has 0 saturated carbocycles. The van der Waals surface area contributed by atoms with Crippen molar-refractivity contribution in [2.75, 3.05) is 19.6 Å². The molecule has 1 atom stereocenters. The second kappa shape index (κ2) is 9.95. The van der Waals surface area contributed by atoms with Crippen molar-refractivity contribution in [3.05, 3.63) is 60.7 Å². The number of hydrogen-bond acceptors (Lipinski definition) is 6. The number of rotatable bonds is 6. The van der Waals surface area contributed by atoms with Crippen molar-refractivity contribution < 1.29 is 21.6 Å². The Morgan fingerprint density at radius 3 is 1.88 bits per heavy atom. The van der Waals surface area contributed by atoms with Crippen molar-refractivity contribution in [3.63, 3.8) is 0 Å². The normalized spacial score (nSPS) is 19.1. The fourth-order valence-corrected chi connectivity index (χ4v) is 6.36. The maximum atomic E-state index is 13.4. The van der Waals surface area contributed by atoms with Gasteiger partial charge in [-0.15, -0.1) is 0 Å². The molecule has 1 heterocycles. The molecule has 0 aromatic heterocycles. The number of sulfonamides is 2. The monoisotopic (exact) mass is 506 g/mol. The van der Waals surface area contributed by atoms with Crippen molar-refractivity contribution in [3.8, 4) is 0 Å². The Bertz CT molecular complexity index is 1260. The van der Waals surface area contributed by atoms with Gasteiger partial charge in [-0.2, -0.15) is 13.7 Å². The van der Waals surface area contributed by atoms with Gasteiger partial charge in [-0.1, -0.05) is 57.2 Å². The van der Waals surface area contributed by atoms with Crippen molar-refractivity contribution in [2.45, 2.75) is 43.5 Å². The minimum atomic E-state index is -4.05. The molecule has 1 saturated heterocycles. The molecule has 0 bridgehead atoms. The SMILES string of the molecule is CC(=NNC(=O)C1CN(S(=O)(=O)c2ccccc2)CCN1S(=O)(=O)c1ccccc1)C(C)(C)C. The van der Waals surface area contributed by atoms with E-state index in [1.165, 1.54) is 24.3 Å².